The van der Waals surface area contributed by atoms with Gasteiger partial charge >= 0.3 is 6.36 Å². The Balaban J connectivity index is 1.39. The standard InChI is InChI=1S/C20H21ClF3N3O3S/c21-18-17(2-1-10-25-18)31(28,29)27-12-8-19(9-13-27)7-11-26(14-19)15-3-5-16(6-4-15)30-20(22,23)24/h1-6,10H,7-9,11-14H2. The molecule has 4 rings (SSSR count). The predicted octanol–water partition coefficient (Wildman–Crippen LogP) is 4.31. The van der Waals surface area contributed by atoms with Crippen LogP contribution in [-0.4, -0.2) is 50.2 Å². The number of aromatic nitrogens is 1. The largest absolute Gasteiger partial charge is 0.573 e. The van der Waals surface area contributed by atoms with Crippen LogP contribution in [0.5, 0.6) is 5.75 Å². The molecule has 2 aliphatic rings. The summed E-state index contributed by atoms with van der Waals surface area (Å²) >= 11 is 5.99. The predicted molar refractivity (Wildman–Crippen MR) is 110 cm³/mol. The molecule has 0 N–H and O–H groups in total. The van der Waals surface area contributed by atoms with Gasteiger partial charge in [-0.1, -0.05) is 11.6 Å². The van der Waals surface area contributed by atoms with Crippen LogP contribution in [-0.2, 0) is 10.0 Å². The summed E-state index contributed by atoms with van der Waals surface area (Å²) in [6.45, 7) is 2.27. The van der Waals surface area contributed by atoms with Crippen molar-refractivity contribution in [2.75, 3.05) is 31.1 Å². The van der Waals surface area contributed by atoms with Crippen molar-refractivity contribution in [2.45, 2.75) is 30.5 Å². The van der Waals surface area contributed by atoms with Gasteiger partial charge in [-0.15, -0.1) is 13.2 Å². The van der Waals surface area contributed by atoms with Gasteiger partial charge in [0.15, 0.2) is 0 Å². The van der Waals surface area contributed by atoms with E-state index in [0.717, 1.165) is 25.2 Å². The van der Waals surface area contributed by atoms with E-state index in [1.54, 1.807) is 18.2 Å². The van der Waals surface area contributed by atoms with Gasteiger partial charge in [0.05, 0.1) is 0 Å². The first-order chi connectivity index (χ1) is 14.6. The molecular formula is C20H21ClF3N3O3S. The number of piperidine rings is 1. The zero-order chi connectivity index (χ0) is 22.3. The number of anilines is 1. The summed E-state index contributed by atoms with van der Waals surface area (Å²) in [5.41, 5.74) is 0.801. The van der Waals surface area contributed by atoms with Gasteiger partial charge in [-0.2, -0.15) is 4.31 Å². The molecule has 31 heavy (non-hydrogen) atoms. The average molecular weight is 476 g/mol. The second-order valence-electron chi connectivity index (χ2n) is 7.91. The first-order valence-corrected chi connectivity index (χ1v) is 11.6. The quantitative estimate of drug-likeness (QED) is 0.616. The lowest BCUT2D eigenvalue weighted by Crippen LogP contribution is -2.44. The molecule has 1 spiro atoms. The van der Waals surface area contributed by atoms with E-state index in [1.165, 1.54) is 28.7 Å². The number of benzene rings is 1. The monoisotopic (exact) mass is 475 g/mol. The van der Waals surface area contributed by atoms with Crippen molar-refractivity contribution in [1.82, 2.24) is 9.29 Å². The summed E-state index contributed by atoms with van der Waals surface area (Å²) in [6.07, 6.45) is -0.962. The summed E-state index contributed by atoms with van der Waals surface area (Å²) in [5.74, 6) is -0.252. The fourth-order valence-electron chi connectivity index (χ4n) is 4.33. The molecule has 0 amide bonds. The van der Waals surface area contributed by atoms with Gasteiger partial charge in [0.1, 0.15) is 15.8 Å². The van der Waals surface area contributed by atoms with Crippen LogP contribution in [0.1, 0.15) is 19.3 Å². The Morgan fingerprint density at radius 2 is 1.68 bits per heavy atom. The minimum atomic E-state index is -4.71. The number of sulfonamides is 1. The van der Waals surface area contributed by atoms with E-state index in [-0.39, 0.29) is 21.2 Å². The molecule has 1 aromatic carbocycles. The highest BCUT2D eigenvalue weighted by Crippen LogP contribution is 2.43. The van der Waals surface area contributed by atoms with Gasteiger partial charge in [0.2, 0.25) is 10.0 Å². The van der Waals surface area contributed by atoms with E-state index in [9.17, 15) is 21.6 Å². The van der Waals surface area contributed by atoms with Gasteiger partial charge in [-0.25, -0.2) is 13.4 Å². The third-order valence-electron chi connectivity index (χ3n) is 6.00. The molecule has 11 heteroatoms. The van der Waals surface area contributed by atoms with Crippen LogP contribution in [0.15, 0.2) is 47.5 Å². The summed E-state index contributed by atoms with van der Waals surface area (Å²) in [5, 5.41) is -0.0345. The van der Waals surface area contributed by atoms with E-state index >= 15 is 0 Å². The first-order valence-electron chi connectivity index (χ1n) is 9.80. The molecule has 0 unspecified atom stereocenters. The topological polar surface area (TPSA) is 62.7 Å². The van der Waals surface area contributed by atoms with Crippen molar-refractivity contribution in [3.05, 3.63) is 47.7 Å². The Bertz CT molecular complexity index is 1040. The molecule has 2 aliphatic heterocycles. The Hall–Kier alpha value is -2.04. The van der Waals surface area contributed by atoms with E-state index in [2.05, 4.69) is 14.6 Å². The number of nitrogens with zero attached hydrogens (tertiary/aromatic N) is 3. The molecular weight excluding hydrogens is 455 g/mol. The number of hydrogen-bond donors (Lipinski definition) is 0. The van der Waals surface area contributed by atoms with E-state index in [1.807, 2.05) is 0 Å². The summed E-state index contributed by atoms with van der Waals surface area (Å²) in [4.78, 5) is 6.00. The minimum Gasteiger partial charge on any atom is -0.406 e. The van der Waals surface area contributed by atoms with Crippen molar-refractivity contribution in [1.29, 1.82) is 0 Å². The molecule has 168 valence electrons. The fraction of sp³-hybridized carbons (Fsp3) is 0.450. The zero-order valence-corrected chi connectivity index (χ0v) is 18.1. The van der Waals surface area contributed by atoms with Gasteiger partial charge in [0, 0.05) is 38.1 Å². The van der Waals surface area contributed by atoms with Crippen molar-refractivity contribution >= 4 is 27.3 Å². The maximum atomic E-state index is 12.9. The molecule has 0 radical (unpaired) electrons. The third-order valence-corrected chi connectivity index (χ3v) is 8.34. The zero-order valence-electron chi connectivity index (χ0n) is 16.5. The minimum absolute atomic E-state index is 0.0156. The molecule has 6 nitrogen and oxygen atoms in total. The molecule has 2 fully saturated rings. The van der Waals surface area contributed by atoms with Crippen LogP contribution in [0.25, 0.3) is 0 Å². The second-order valence-corrected chi connectivity index (χ2v) is 10.2. The van der Waals surface area contributed by atoms with Crippen molar-refractivity contribution < 1.29 is 26.3 Å². The van der Waals surface area contributed by atoms with E-state index in [4.69, 9.17) is 11.6 Å². The van der Waals surface area contributed by atoms with Crippen LogP contribution in [0.2, 0.25) is 5.15 Å². The molecule has 0 atom stereocenters. The van der Waals surface area contributed by atoms with Crippen molar-refractivity contribution in [3.8, 4) is 5.75 Å². The molecule has 0 aliphatic carbocycles. The number of halogens is 4. The highest BCUT2D eigenvalue weighted by Gasteiger charge is 2.43. The number of ether oxygens (including phenoxy) is 1. The first kappa shape index (κ1) is 22.2. The van der Waals surface area contributed by atoms with Crippen molar-refractivity contribution in [2.24, 2.45) is 5.41 Å². The number of hydrogen-bond acceptors (Lipinski definition) is 5. The summed E-state index contributed by atoms with van der Waals surface area (Å²) < 4.78 is 68.2. The van der Waals surface area contributed by atoms with Crippen LogP contribution in [0.3, 0.4) is 0 Å². The molecule has 1 aromatic heterocycles. The lowest BCUT2D eigenvalue weighted by Gasteiger charge is -2.38. The normalized spacial score (nSPS) is 19.7. The van der Waals surface area contributed by atoms with Crippen LogP contribution in [0, 0.1) is 5.41 Å². The molecule has 0 saturated carbocycles. The van der Waals surface area contributed by atoms with Crippen molar-refractivity contribution in [3.63, 3.8) is 0 Å². The summed E-state index contributed by atoms with van der Waals surface area (Å²) in [6, 6.07) is 8.85. The maximum absolute atomic E-state index is 12.9. The van der Waals surface area contributed by atoms with Crippen LogP contribution >= 0.6 is 11.6 Å². The molecule has 0 bridgehead atoms. The molecule has 2 saturated heterocycles. The van der Waals surface area contributed by atoms with E-state index < -0.39 is 16.4 Å². The third kappa shape index (κ3) is 4.75. The van der Waals surface area contributed by atoms with Crippen LogP contribution < -0.4 is 9.64 Å². The van der Waals surface area contributed by atoms with Gasteiger partial charge in [0.25, 0.3) is 0 Å². The SMILES string of the molecule is O=S(=O)(c1cccnc1Cl)N1CCC2(CCN(c3ccc(OC(F)(F)F)cc3)C2)CC1. The average Bonchev–Trinajstić information content (AvgIpc) is 3.11. The molecule has 3 heterocycles. The van der Waals surface area contributed by atoms with Crippen LogP contribution in [0.4, 0.5) is 18.9 Å². The Morgan fingerprint density at radius 3 is 2.29 bits per heavy atom. The number of rotatable bonds is 4. The Labute approximate surface area is 183 Å². The smallest absolute Gasteiger partial charge is 0.406 e. The fourth-order valence-corrected chi connectivity index (χ4v) is 6.20. The Morgan fingerprint density at radius 1 is 1.03 bits per heavy atom. The number of alkyl halides is 3. The maximum Gasteiger partial charge on any atom is 0.573 e. The molecule has 2 aromatic rings. The Kier molecular flexibility index (Phi) is 5.82. The van der Waals surface area contributed by atoms with Gasteiger partial charge < -0.3 is 9.64 Å². The lowest BCUT2D eigenvalue weighted by molar-refractivity contribution is -0.274. The highest BCUT2D eigenvalue weighted by molar-refractivity contribution is 7.89. The number of pyridine rings is 1. The van der Waals surface area contributed by atoms with Gasteiger partial charge in [-0.05, 0) is 61.1 Å². The van der Waals surface area contributed by atoms with E-state index in [0.29, 0.717) is 25.9 Å². The second kappa shape index (κ2) is 8.14. The lowest BCUT2D eigenvalue weighted by atomic mass is 9.78. The summed E-state index contributed by atoms with van der Waals surface area (Å²) in [7, 11) is -3.70. The van der Waals surface area contributed by atoms with Gasteiger partial charge in [-0.3, -0.25) is 0 Å². The highest BCUT2D eigenvalue weighted by atomic mass is 35.5.